The normalized spacial score (nSPS) is 10.3. The first-order valence-electron chi connectivity index (χ1n) is 8.78. The first kappa shape index (κ1) is 18.5. The van der Waals surface area contributed by atoms with E-state index in [-0.39, 0.29) is 34.0 Å². The Hall–Kier alpha value is -4.82. The van der Waals surface area contributed by atoms with Gasteiger partial charge in [0.05, 0.1) is 16.6 Å². The standard InChI is InChI=1S/C22H12N6O2/c23-11-14(12-24)19(25)16-10-17(20(29)13-6-2-1-3-7-13)27-28-18-9-5-4-8-15(18)22(30)26-21(16)28/h1-10H,25H2. The van der Waals surface area contributed by atoms with Crippen LogP contribution >= 0.6 is 0 Å². The van der Waals surface area contributed by atoms with Crippen molar-refractivity contribution in [3.05, 3.63) is 93.4 Å². The van der Waals surface area contributed by atoms with Crippen molar-refractivity contribution < 1.29 is 4.79 Å². The van der Waals surface area contributed by atoms with E-state index in [1.54, 1.807) is 66.7 Å². The third kappa shape index (κ3) is 2.95. The molecule has 142 valence electrons. The molecule has 4 aromatic rings. The number of carbonyl (C=O) groups is 1. The summed E-state index contributed by atoms with van der Waals surface area (Å²) in [4.78, 5) is 29.6. The summed E-state index contributed by atoms with van der Waals surface area (Å²) in [5.74, 6) is -0.384. The average molecular weight is 392 g/mol. The van der Waals surface area contributed by atoms with Crippen LogP contribution in [0, 0.1) is 22.7 Å². The second kappa shape index (κ2) is 7.30. The molecular weight excluding hydrogens is 380 g/mol. The number of ketones is 1. The van der Waals surface area contributed by atoms with Crippen LogP contribution in [0.4, 0.5) is 0 Å². The van der Waals surface area contributed by atoms with E-state index in [1.807, 2.05) is 0 Å². The van der Waals surface area contributed by atoms with Crippen molar-refractivity contribution in [2.75, 3.05) is 0 Å². The SMILES string of the molecule is N#CC(C#N)=C(N)c1cc(C(=O)c2ccccc2)nn2c1nc(=O)c1ccccc12. The lowest BCUT2D eigenvalue weighted by molar-refractivity contribution is 0.103. The van der Waals surface area contributed by atoms with Crippen molar-refractivity contribution in [2.45, 2.75) is 0 Å². The highest BCUT2D eigenvalue weighted by atomic mass is 16.1. The van der Waals surface area contributed by atoms with E-state index < -0.39 is 5.56 Å². The second-order valence-electron chi connectivity index (χ2n) is 6.32. The first-order chi connectivity index (χ1) is 14.5. The van der Waals surface area contributed by atoms with Crippen LogP contribution in [0.2, 0.25) is 0 Å². The van der Waals surface area contributed by atoms with Crippen molar-refractivity contribution in [1.82, 2.24) is 14.6 Å². The summed E-state index contributed by atoms with van der Waals surface area (Å²) in [6.45, 7) is 0. The molecule has 0 atom stereocenters. The van der Waals surface area contributed by atoms with E-state index in [4.69, 9.17) is 5.73 Å². The van der Waals surface area contributed by atoms with Gasteiger partial charge >= 0.3 is 0 Å². The van der Waals surface area contributed by atoms with E-state index in [9.17, 15) is 20.1 Å². The van der Waals surface area contributed by atoms with Crippen molar-refractivity contribution >= 4 is 28.0 Å². The van der Waals surface area contributed by atoms with Gasteiger partial charge in [-0.2, -0.15) is 20.6 Å². The number of nitrogens with zero attached hydrogens (tertiary/aromatic N) is 5. The fraction of sp³-hybridized carbons (Fsp3) is 0. The summed E-state index contributed by atoms with van der Waals surface area (Å²) in [5, 5.41) is 23.2. The molecular formula is C22H12N6O2. The predicted octanol–water partition coefficient (Wildman–Crippen LogP) is 2.19. The van der Waals surface area contributed by atoms with Crippen LogP contribution in [-0.2, 0) is 0 Å². The van der Waals surface area contributed by atoms with Crippen LogP contribution in [0.25, 0.3) is 22.2 Å². The van der Waals surface area contributed by atoms with Gasteiger partial charge in [0, 0.05) is 11.1 Å². The number of nitriles is 2. The van der Waals surface area contributed by atoms with Crippen LogP contribution in [0.5, 0.6) is 0 Å². The molecule has 2 heterocycles. The van der Waals surface area contributed by atoms with Gasteiger partial charge in [-0.25, -0.2) is 4.52 Å². The zero-order valence-corrected chi connectivity index (χ0v) is 15.4. The van der Waals surface area contributed by atoms with Gasteiger partial charge in [-0.05, 0) is 18.2 Å². The number of rotatable bonds is 3. The quantitative estimate of drug-likeness (QED) is 0.320. The van der Waals surface area contributed by atoms with Crippen molar-refractivity contribution in [2.24, 2.45) is 5.73 Å². The molecule has 8 nitrogen and oxygen atoms in total. The van der Waals surface area contributed by atoms with Gasteiger partial charge in [-0.15, -0.1) is 0 Å². The molecule has 0 spiro atoms. The van der Waals surface area contributed by atoms with Gasteiger partial charge in [-0.1, -0.05) is 42.5 Å². The number of nitrogens with two attached hydrogens (primary N) is 1. The molecule has 8 heteroatoms. The molecule has 0 radical (unpaired) electrons. The Morgan fingerprint density at radius 2 is 1.67 bits per heavy atom. The van der Waals surface area contributed by atoms with Gasteiger partial charge in [0.1, 0.15) is 17.8 Å². The zero-order valence-electron chi connectivity index (χ0n) is 15.4. The van der Waals surface area contributed by atoms with E-state index in [2.05, 4.69) is 10.1 Å². The lowest BCUT2D eigenvalue weighted by Gasteiger charge is -2.12. The molecule has 0 saturated heterocycles. The highest BCUT2D eigenvalue weighted by molar-refractivity contribution is 6.08. The Balaban J connectivity index is 2.15. The summed E-state index contributed by atoms with van der Waals surface area (Å²) < 4.78 is 1.33. The Morgan fingerprint density at radius 3 is 2.37 bits per heavy atom. The van der Waals surface area contributed by atoms with Crippen LogP contribution in [0.15, 0.2) is 71.0 Å². The lowest BCUT2D eigenvalue weighted by atomic mass is 10.0. The monoisotopic (exact) mass is 392 g/mol. The first-order valence-corrected chi connectivity index (χ1v) is 8.78. The van der Waals surface area contributed by atoms with E-state index >= 15 is 0 Å². The Labute approximate surface area is 169 Å². The Morgan fingerprint density at radius 1 is 1.00 bits per heavy atom. The average Bonchev–Trinajstić information content (AvgIpc) is 2.79. The molecule has 0 aliphatic rings. The van der Waals surface area contributed by atoms with E-state index in [0.29, 0.717) is 16.5 Å². The topological polar surface area (TPSA) is 138 Å². The number of para-hydroxylation sites is 1. The van der Waals surface area contributed by atoms with Crippen molar-refractivity contribution in [3.63, 3.8) is 0 Å². The molecule has 0 aliphatic carbocycles. The smallest absolute Gasteiger partial charge is 0.281 e. The molecule has 0 amide bonds. The number of hydrogen-bond acceptors (Lipinski definition) is 7. The van der Waals surface area contributed by atoms with Gasteiger partial charge < -0.3 is 5.73 Å². The molecule has 0 unspecified atom stereocenters. The summed E-state index contributed by atoms with van der Waals surface area (Å²) in [5.41, 5.74) is 5.99. The van der Waals surface area contributed by atoms with Gasteiger partial charge in [0.15, 0.2) is 11.2 Å². The molecule has 30 heavy (non-hydrogen) atoms. The summed E-state index contributed by atoms with van der Waals surface area (Å²) in [7, 11) is 0. The number of benzene rings is 2. The lowest BCUT2D eigenvalue weighted by Crippen LogP contribution is -2.18. The highest BCUT2D eigenvalue weighted by Crippen LogP contribution is 2.22. The zero-order chi connectivity index (χ0) is 21.3. The number of allylic oxidation sites excluding steroid dienone is 1. The minimum absolute atomic E-state index is 0.0254. The maximum atomic E-state index is 13.0. The van der Waals surface area contributed by atoms with Crippen molar-refractivity contribution in [3.8, 4) is 12.1 Å². The van der Waals surface area contributed by atoms with Crippen molar-refractivity contribution in [1.29, 1.82) is 10.5 Å². The molecule has 0 fully saturated rings. The summed E-state index contributed by atoms with van der Waals surface area (Å²) >= 11 is 0. The predicted molar refractivity (Wildman–Crippen MR) is 109 cm³/mol. The Bertz CT molecular complexity index is 1490. The maximum absolute atomic E-state index is 13.0. The molecule has 0 aliphatic heterocycles. The van der Waals surface area contributed by atoms with Crippen LogP contribution in [0.3, 0.4) is 0 Å². The van der Waals surface area contributed by atoms with Gasteiger partial charge in [0.2, 0.25) is 5.78 Å². The Kier molecular flexibility index (Phi) is 4.51. The van der Waals surface area contributed by atoms with Crippen LogP contribution < -0.4 is 11.3 Å². The van der Waals surface area contributed by atoms with Crippen LogP contribution in [0.1, 0.15) is 21.6 Å². The summed E-state index contributed by atoms with van der Waals surface area (Å²) in [6.07, 6.45) is 0. The molecule has 2 N–H and O–H groups in total. The molecule has 2 aromatic heterocycles. The third-order valence-electron chi connectivity index (χ3n) is 4.55. The third-order valence-corrected chi connectivity index (χ3v) is 4.55. The molecule has 2 aromatic carbocycles. The van der Waals surface area contributed by atoms with E-state index in [0.717, 1.165) is 0 Å². The fourth-order valence-electron chi connectivity index (χ4n) is 3.10. The number of fused-ring (bicyclic) bond motifs is 3. The van der Waals surface area contributed by atoms with E-state index in [1.165, 1.54) is 10.6 Å². The second-order valence-corrected chi connectivity index (χ2v) is 6.32. The van der Waals surface area contributed by atoms with Gasteiger partial charge in [0.25, 0.3) is 5.56 Å². The minimum atomic E-state index is -0.515. The largest absolute Gasteiger partial charge is 0.396 e. The van der Waals surface area contributed by atoms with Gasteiger partial charge in [-0.3, -0.25) is 9.59 Å². The number of aromatic nitrogens is 3. The molecule has 4 rings (SSSR count). The van der Waals surface area contributed by atoms with Crippen LogP contribution in [-0.4, -0.2) is 20.4 Å². The summed E-state index contributed by atoms with van der Waals surface area (Å²) in [6, 6.07) is 20.0. The maximum Gasteiger partial charge on any atom is 0.281 e. The number of carbonyl (C=O) groups excluding carboxylic acids is 1. The molecule has 0 saturated carbocycles. The minimum Gasteiger partial charge on any atom is -0.396 e. The highest BCUT2D eigenvalue weighted by Gasteiger charge is 2.20. The molecule has 0 bridgehead atoms. The fourth-order valence-corrected chi connectivity index (χ4v) is 3.10. The number of hydrogen-bond donors (Lipinski definition) is 1.